The Hall–Kier alpha value is -1.81. The van der Waals surface area contributed by atoms with Crippen LogP contribution in [0.5, 0.6) is 0 Å². The van der Waals surface area contributed by atoms with E-state index in [1.807, 2.05) is 51.1 Å². The van der Waals surface area contributed by atoms with Gasteiger partial charge in [-0.1, -0.05) is 18.2 Å². The molecule has 1 aromatic carbocycles. The lowest BCUT2D eigenvalue weighted by Gasteiger charge is -2.25. The molecule has 4 heteroatoms. The second kappa shape index (κ2) is 5.45. The quantitative estimate of drug-likeness (QED) is 0.869. The summed E-state index contributed by atoms with van der Waals surface area (Å²) in [7, 11) is 0. The number of anilines is 1. The molecule has 0 bridgehead atoms. The van der Waals surface area contributed by atoms with Gasteiger partial charge in [-0.05, 0) is 38.3 Å². The molecule has 0 aliphatic carbocycles. The number of rotatable bonds is 5. The second-order valence-corrected chi connectivity index (χ2v) is 5.15. The number of aromatic nitrogens is 1. The van der Waals surface area contributed by atoms with Gasteiger partial charge in [-0.15, -0.1) is 0 Å². The summed E-state index contributed by atoms with van der Waals surface area (Å²) in [4.78, 5) is 14.8. The van der Waals surface area contributed by atoms with Crippen molar-refractivity contribution in [3.63, 3.8) is 0 Å². The highest BCUT2D eigenvalue weighted by Gasteiger charge is 2.17. The largest absolute Gasteiger partial charge is 0.374 e. The molecule has 2 rings (SSSR count). The van der Waals surface area contributed by atoms with Crippen molar-refractivity contribution in [3.8, 4) is 0 Å². The first-order valence-corrected chi connectivity index (χ1v) is 6.52. The van der Waals surface area contributed by atoms with Crippen molar-refractivity contribution in [1.29, 1.82) is 0 Å². The minimum atomic E-state index is -0.267. The van der Waals surface area contributed by atoms with Crippen molar-refractivity contribution >= 4 is 16.6 Å². The molecule has 0 amide bonds. The lowest BCUT2D eigenvalue weighted by Crippen LogP contribution is -2.33. The number of ether oxygens (including phenoxy) is 1. The normalized spacial score (nSPS) is 11.7. The van der Waals surface area contributed by atoms with Crippen molar-refractivity contribution in [1.82, 2.24) is 4.98 Å². The Balaban J connectivity index is 2.20. The highest BCUT2D eigenvalue weighted by Crippen LogP contribution is 2.15. The number of fused-ring (bicyclic) bond motifs is 1. The molecule has 4 nitrogen and oxygen atoms in total. The van der Waals surface area contributed by atoms with Crippen molar-refractivity contribution in [2.75, 3.05) is 18.5 Å². The lowest BCUT2D eigenvalue weighted by molar-refractivity contribution is 0.000642. The number of aromatic amines is 1. The van der Waals surface area contributed by atoms with Crippen LogP contribution in [-0.4, -0.2) is 23.7 Å². The van der Waals surface area contributed by atoms with Gasteiger partial charge in [0, 0.05) is 18.5 Å². The maximum absolute atomic E-state index is 11.9. The van der Waals surface area contributed by atoms with E-state index < -0.39 is 0 Å². The minimum absolute atomic E-state index is 0.0742. The third-order valence-electron chi connectivity index (χ3n) is 2.99. The Morgan fingerprint density at radius 2 is 2.05 bits per heavy atom. The molecule has 0 aliphatic rings. The number of hydrogen-bond donors (Lipinski definition) is 2. The highest BCUT2D eigenvalue weighted by molar-refractivity contribution is 5.83. The zero-order valence-electron chi connectivity index (χ0n) is 11.6. The highest BCUT2D eigenvalue weighted by atomic mass is 16.5. The van der Waals surface area contributed by atoms with E-state index in [2.05, 4.69) is 10.3 Å². The molecule has 0 fully saturated rings. The third-order valence-corrected chi connectivity index (χ3v) is 2.99. The lowest BCUT2D eigenvalue weighted by atomic mass is 10.1. The molecule has 0 unspecified atom stereocenters. The van der Waals surface area contributed by atoms with E-state index in [1.54, 1.807) is 0 Å². The Labute approximate surface area is 112 Å². The van der Waals surface area contributed by atoms with Gasteiger partial charge in [0.1, 0.15) is 5.82 Å². The first-order chi connectivity index (χ1) is 9.02. The summed E-state index contributed by atoms with van der Waals surface area (Å²) in [6.45, 7) is 7.31. The number of nitrogens with one attached hydrogen (secondary N) is 2. The van der Waals surface area contributed by atoms with Crippen molar-refractivity contribution in [3.05, 3.63) is 40.7 Å². The van der Waals surface area contributed by atoms with Gasteiger partial charge in [-0.25, -0.2) is 0 Å². The fourth-order valence-corrected chi connectivity index (χ4v) is 2.06. The van der Waals surface area contributed by atoms with Gasteiger partial charge >= 0.3 is 0 Å². The number of H-pyrrole nitrogens is 1. The molecule has 0 aliphatic heterocycles. The van der Waals surface area contributed by atoms with E-state index >= 15 is 0 Å². The van der Waals surface area contributed by atoms with Gasteiger partial charge in [-0.2, -0.15) is 0 Å². The predicted octanol–water partition coefficient (Wildman–Crippen LogP) is 2.76. The number of hydrogen-bond acceptors (Lipinski definition) is 3. The summed E-state index contributed by atoms with van der Waals surface area (Å²) in [6.07, 6.45) is 0. The number of benzene rings is 1. The average Bonchev–Trinajstić information content (AvgIpc) is 2.37. The van der Waals surface area contributed by atoms with Gasteiger partial charge in [0.15, 0.2) is 0 Å². The van der Waals surface area contributed by atoms with Crippen LogP contribution in [0.15, 0.2) is 35.1 Å². The van der Waals surface area contributed by atoms with Gasteiger partial charge < -0.3 is 15.0 Å². The maximum atomic E-state index is 11.9. The summed E-state index contributed by atoms with van der Waals surface area (Å²) >= 11 is 0. The Kier molecular flexibility index (Phi) is 3.90. The van der Waals surface area contributed by atoms with Crippen LogP contribution in [0.25, 0.3) is 10.8 Å². The monoisotopic (exact) mass is 260 g/mol. The van der Waals surface area contributed by atoms with Gasteiger partial charge in [-0.3, -0.25) is 4.79 Å². The predicted molar refractivity (Wildman–Crippen MR) is 78.8 cm³/mol. The van der Waals surface area contributed by atoms with E-state index in [0.717, 1.165) is 11.2 Å². The van der Waals surface area contributed by atoms with Crippen LogP contribution in [-0.2, 0) is 4.74 Å². The van der Waals surface area contributed by atoms with Crippen molar-refractivity contribution in [2.45, 2.75) is 26.4 Å². The molecule has 102 valence electrons. The fourth-order valence-electron chi connectivity index (χ4n) is 2.06. The smallest absolute Gasteiger partial charge is 0.257 e. The summed E-state index contributed by atoms with van der Waals surface area (Å²) in [5, 5.41) is 4.86. The molecule has 1 aromatic heterocycles. The Bertz CT molecular complexity index is 617. The van der Waals surface area contributed by atoms with Crippen molar-refractivity contribution in [2.24, 2.45) is 0 Å². The maximum Gasteiger partial charge on any atom is 0.257 e. The summed E-state index contributed by atoms with van der Waals surface area (Å²) in [5.41, 5.74) is -0.341. The molecule has 19 heavy (non-hydrogen) atoms. The van der Waals surface area contributed by atoms with Crippen LogP contribution >= 0.6 is 0 Å². The number of pyridine rings is 1. The molecule has 1 heterocycles. The molecule has 0 spiro atoms. The summed E-state index contributed by atoms with van der Waals surface area (Å²) in [6, 6.07) is 9.49. The Morgan fingerprint density at radius 3 is 2.79 bits per heavy atom. The van der Waals surface area contributed by atoms with E-state index in [-0.39, 0.29) is 11.2 Å². The molecule has 0 saturated carbocycles. The SMILES string of the molecule is CCOC(C)(C)CNc1cc2ccccc2c(=O)[nH]1. The van der Waals surface area contributed by atoms with Crippen LogP contribution in [0.1, 0.15) is 20.8 Å². The molecular formula is C15H20N2O2. The zero-order valence-corrected chi connectivity index (χ0v) is 11.6. The fraction of sp³-hybridized carbons (Fsp3) is 0.400. The molecule has 0 atom stereocenters. The third kappa shape index (κ3) is 3.35. The van der Waals surface area contributed by atoms with Crippen LogP contribution in [0.4, 0.5) is 5.82 Å². The zero-order chi connectivity index (χ0) is 13.9. The molecular weight excluding hydrogens is 240 g/mol. The summed E-state index contributed by atoms with van der Waals surface area (Å²) in [5.74, 6) is 0.719. The van der Waals surface area contributed by atoms with Crippen LogP contribution in [0.3, 0.4) is 0 Å². The Morgan fingerprint density at radius 1 is 1.32 bits per heavy atom. The molecule has 2 N–H and O–H groups in total. The molecule has 0 radical (unpaired) electrons. The molecule has 0 saturated heterocycles. The average molecular weight is 260 g/mol. The van der Waals surface area contributed by atoms with E-state index in [0.29, 0.717) is 18.5 Å². The van der Waals surface area contributed by atoms with Crippen LogP contribution in [0.2, 0.25) is 0 Å². The van der Waals surface area contributed by atoms with E-state index in [1.165, 1.54) is 0 Å². The van der Waals surface area contributed by atoms with E-state index in [9.17, 15) is 4.79 Å². The molecule has 2 aromatic rings. The first kappa shape index (κ1) is 13.6. The second-order valence-electron chi connectivity index (χ2n) is 5.15. The van der Waals surface area contributed by atoms with Crippen molar-refractivity contribution < 1.29 is 4.74 Å². The summed E-state index contributed by atoms with van der Waals surface area (Å²) < 4.78 is 5.61. The standard InChI is InChI=1S/C15H20N2O2/c1-4-19-15(2,3)10-16-13-9-11-7-5-6-8-12(11)14(18)17-13/h5-9H,4,10H2,1-3H3,(H2,16,17,18). The minimum Gasteiger partial charge on any atom is -0.374 e. The van der Waals surface area contributed by atoms with Crippen LogP contribution in [0, 0.1) is 0 Å². The van der Waals surface area contributed by atoms with Crippen LogP contribution < -0.4 is 10.9 Å². The van der Waals surface area contributed by atoms with Gasteiger partial charge in [0.2, 0.25) is 0 Å². The van der Waals surface area contributed by atoms with E-state index in [4.69, 9.17) is 4.74 Å². The topological polar surface area (TPSA) is 54.1 Å². The van der Waals surface area contributed by atoms with Gasteiger partial charge in [0.25, 0.3) is 5.56 Å². The van der Waals surface area contributed by atoms with Gasteiger partial charge in [0.05, 0.1) is 5.60 Å². The first-order valence-electron chi connectivity index (χ1n) is 6.52.